The summed E-state index contributed by atoms with van der Waals surface area (Å²) in [7, 11) is 0. The third-order valence-electron chi connectivity index (χ3n) is 3.21. The minimum absolute atomic E-state index is 0.119. The predicted octanol–water partition coefficient (Wildman–Crippen LogP) is 3.64. The van der Waals surface area contributed by atoms with Crippen LogP contribution in [0.2, 0.25) is 0 Å². The highest BCUT2D eigenvalue weighted by Gasteiger charge is 2.23. The molecule has 17 heavy (non-hydrogen) atoms. The van der Waals surface area contributed by atoms with Crippen LogP contribution in [0, 0.1) is 0 Å². The van der Waals surface area contributed by atoms with Crippen molar-refractivity contribution in [1.29, 1.82) is 0 Å². The monoisotopic (exact) mass is 245 g/mol. The molecule has 2 aromatic rings. The van der Waals surface area contributed by atoms with Gasteiger partial charge in [0.05, 0.1) is 0 Å². The van der Waals surface area contributed by atoms with Gasteiger partial charge in [0, 0.05) is 16.8 Å². The van der Waals surface area contributed by atoms with Gasteiger partial charge in [-0.1, -0.05) is 43.3 Å². The van der Waals surface area contributed by atoms with E-state index in [-0.39, 0.29) is 5.54 Å². The van der Waals surface area contributed by atoms with Crippen molar-refractivity contribution in [3.63, 3.8) is 0 Å². The van der Waals surface area contributed by atoms with Gasteiger partial charge in [-0.2, -0.15) is 0 Å². The molecule has 90 valence electrons. The molecule has 0 radical (unpaired) electrons. The van der Waals surface area contributed by atoms with Crippen molar-refractivity contribution in [3.8, 4) is 0 Å². The average molecular weight is 245 g/mol. The van der Waals surface area contributed by atoms with Crippen LogP contribution in [0.1, 0.15) is 23.8 Å². The van der Waals surface area contributed by atoms with Crippen molar-refractivity contribution in [1.82, 2.24) is 0 Å². The maximum atomic E-state index is 6.53. The van der Waals surface area contributed by atoms with Crippen LogP contribution in [0.5, 0.6) is 0 Å². The Morgan fingerprint density at radius 2 is 1.82 bits per heavy atom. The SMILES string of the molecule is CCC(N)(Cc1ccccc1)Cc1cccs1. The molecule has 2 N–H and O–H groups in total. The fourth-order valence-electron chi connectivity index (χ4n) is 2.08. The Morgan fingerprint density at radius 1 is 1.06 bits per heavy atom. The molecule has 1 aromatic heterocycles. The van der Waals surface area contributed by atoms with E-state index >= 15 is 0 Å². The van der Waals surface area contributed by atoms with E-state index < -0.39 is 0 Å². The number of rotatable bonds is 5. The topological polar surface area (TPSA) is 26.0 Å². The van der Waals surface area contributed by atoms with E-state index in [9.17, 15) is 0 Å². The minimum atomic E-state index is -0.119. The highest BCUT2D eigenvalue weighted by Crippen LogP contribution is 2.22. The molecule has 0 amide bonds. The second-order valence-corrected chi connectivity index (χ2v) is 5.67. The van der Waals surface area contributed by atoms with Gasteiger partial charge in [-0.3, -0.25) is 0 Å². The van der Waals surface area contributed by atoms with Crippen LogP contribution in [-0.2, 0) is 12.8 Å². The van der Waals surface area contributed by atoms with Crippen molar-refractivity contribution in [2.45, 2.75) is 31.7 Å². The van der Waals surface area contributed by atoms with E-state index in [4.69, 9.17) is 5.73 Å². The predicted molar refractivity (Wildman–Crippen MR) is 75.4 cm³/mol. The standard InChI is InChI=1S/C15H19NS/c1-2-15(16,12-14-9-6-10-17-14)11-13-7-4-3-5-8-13/h3-10H,2,11-12,16H2,1H3. The van der Waals surface area contributed by atoms with Crippen LogP contribution < -0.4 is 5.73 Å². The molecule has 0 aliphatic carbocycles. The van der Waals surface area contributed by atoms with Crippen LogP contribution in [0.15, 0.2) is 47.8 Å². The van der Waals surface area contributed by atoms with Crippen molar-refractivity contribution in [2.75, 3.05) is 0 Å². The van der Waals surface area contributed by atoms with E-state index in [0.717, 1.165) is 19.3 Å². The largest absolute Gasteiger partial charge is 0.324 e. The summed E-state index contributed by atoms with van der Waals surface area (Å²) < 4.78 is 0. The maximum absolute atomic E-state index is 6.53. The van der Waals surface area contributed by atoms with E-state index in [1.165, 1.54) is 10.4 Å². The van der Waals surface area contributed by atoms with E-state index in [0.29, 0.717) is 0 Å². The van der Waals surface area contributed by atoms with Crippen LogP contribution >= 0.6 is 11.3 Å². The average Bonchev–Trinajstić information content (AvgIpc) is 2.83. The minimum Gasteiger partial charge on any atom is -0.324 e. The molecule has 0 spiro atoms. The zero-order chi connectivity index (χ0) is 12.1. The Balaban J connectivity index is 2.09. The van der Waals surface area contributed by atoms with Crippen molar-refractivity contribution >= 4 is 11.3 Å². The molecule has 0 saturated carbocycles. The fourth-order valence-corrected chi connectivity index (χ4v) is 2.93. The maximum Gasteiger partial charge on any atom is 0.0241 e. The summed E-state index contributed by atoms with van der Waals surface area (Å²) in [6.45, 7) is 2.18. The van der Waals surface area contributed by atoms with E-state index in [2.05, 4.69) is 48.7 Å². The zero-order valence-corrected chi connectivity index (χ0v) is 11.0. The Morgan fingerprint density at radius 3 is 2.41 bits per heavy atom. The molecule has 1 aromatic carbocycles. The van der Waals surface area contributed by atoms with Gasteiger partial charge in [-0.15, -0.1) is 11.3 Å². The van der Waals surface area contributed by atoms with E-state index in [1.54, 1.807) is 11.3 Å². The third kappa shape index (κ3) is 3.42. The lowest BCUT2D eigenvalue weighted by Gasteiger charge is -2.28. The Kier molecular flexibility index (Phi) is 3.97. The normalized spacial score (nSPS) is 14.5. The lowest BCUT2D eigenvalue weighted by molar-refractivity contribution is 0.407. The van der Waals surface area contributed by atoms with Crippen LogP contribution in [0.3, 0.4) is 0 Å². The summed E-state index contributed by atoms with van der Waals surface area (Å²) in [5.74, 6) is 0. The van der Waals surface area contributed by atoms with Crippen LogP contribution in [0.25, 0.3) is 0 Å². The molecule has 0 aliphatic heterocycles. The first-order valence-electron chi connectivity index (χ1n) is 6.07. The number of hydrogen-bond acceptors (Lipinski definition) is 2. The van der Waals surface area contributed by atoms with E-state index in [1.807, 2.05) is 6.07 Å². The summed E-state index contributed by atoms with van der Waals surface area (Å²) in [4.78, 5) is 1.38. The first kappa shape index (κ1) is 12.3. The molecule has 1 heterocycles. The Labute approximate surface area is 107 Å². The molecule has 2 rings (SSSR count). The van der Waals surface area contributed by atoms with Crippen LogP contribution in [-0.4, -0.2) is 5.54 Å². The molecule has 2 heteroatoms. The highest BCUT2D eigenvalue weighted by atomic mass is 32.1. The zero-order valence-electron chi connectivity index (χ0n) is 10.2. The van der Waals surface area contributed by atoms with Gasteiger partial charge in [0.15, 0.2) is 0 Å². The molecule has 0 aliphatic rings. The number of benzene rings is 1. The quantitative estimate of drug-likeness (QED) is 0.855. The van der Waals surface area contributed by atoms with Gasteiger partial charge >= 0.3 is 0 Å². The summed E-state index contributed by atoms with van der Waals surface area (Å²) in [6, 6.07) is 14.8. The molecule has 0 fully saturated rings. The van der Waals surface area contributed by atoms with Gasteiger partial charge in [0.2, 0.25) is 0 Å². The third-order valence-corrected chi connectivity index (χ3v) is 4.09. The van der Waals surface area contributed by atoms with Crippen molar-refractivity contribution in [3.05, 3.63) is 58.3 Å². The number of thiophene rings is 1. The number of hydrogen-bond donors (Lipinski definition) is 1. The molecule has 1 unspecified atom stereocenters. The van der Waals surface area contributed by atoms with Crippen LogP contribution in [0.4, 0.5) is 0 Å². The molecule has 1 atom stereocenters. The first-order chi connectivity index (χ1) is 8.22. The Hall–Kier alpha value is -1.12. The summed E-state index contributed by atoms with van der Waals surface area (Å²) in [6.07, 6.45) is 2.91. The van der Waals surface area contributed by atoms with Gasteiger partial charge in [-0.05, 0) is 29.9 Å². The highest BCUT2D eigenvalue weighted by molar-refractivity contribution is 7.09. The van der Waals surface area contributed by atoms with Crippen molar-refractivity contribution < 1.29 is 0 Å². The molecular weight excluding hydrogens is 226 g/mol. The number of nitrogens with two attached hydrogens (primary N) is 1. The second-order valence-electron chi connectivity index (χ2n) is 4.63. The van der Waals surface area contributed by atoms with Gasteiger partial charge in [-0.25, -0.2) is 0 Å². The Bertz CT molecular complexity index is 435. The smallest absolute Gasteiger partial charge is 0.0241 e. The summed E-state index contributed by atoms with van der Waals surface area (Å²) in [5, 5.41) is 2.12. The molecule has 0 saturated heterocycles. The fraction of sp³-hybridized carbons (Fsp3) is 0.333. The van der Waals surface area contributed by atoms with Gasteiger partial charge in [0.1, 0.15) is 0 Å². The molecule has 0 bridgehead atoms. The van der Waals surface area contributed by atoms with Gasteiger partial charge in [0.25, 0.3) is 0 Å². The second kappa shape index (κ2) is 5.48. The van der Waals surface area contributed by atoms with Gasteiger partial charge < -0.3 is 5.73 Å². The summed E-state index contributed by atoms with van der Waals surface area (Å²) in [5.41, 5.74) is 7.74. The first-order valence-corrected chi connectivity index (χ1v) is 6.95. The molecule has 1 nitrogen and oxygen atoms in total. The summed E-state index contributed by atoms with van der Waals surface area (Å²) >= 11 is 1.80. The lowest BCUT2D eigenvalue weighted by Crippen LogP contribution is -2.43. The lowest BCUT2D eigenvalue weighted by atomic mass is 9.85. The van der Waals surface area contributed by atoms with Crippen molar-refractivity contribution in [2.24, 2.45) is 5.73 Å². The molecular formula is C15H19NS.